The fourth-order valence-corrected chi connectivity index (χ4v) is 3.04. The Bertz CT molecular complexity index is 634. The molecule has 0 radical (unpaired) electrons. The monoisotopic (exact) mass is 272 g/mol. The third-order valence-corrected chi connectivity index (χ3v) is 4.36. The van der Waals surface area contributed by atoms with Crippen LogP contribution < -0.4 is 0 Å². The van der Waals surface area contributed by atoms with Gasteiger partial charge in [0.05, 0.1) is 5.69 Å². The van der Waals surface area contributed by atoms with Crippen molar-refractivity contribution >= 4 is 11.0 Å². The van der Waals surface area contributed by atoms with Crippen LogP contribution >= 0.6 is 0 Å². The lowest BCUT2D eigenvalue weighted by atomic mass is 9.93. The maximum absolute atomic E-state index is 5.69. The van der Waals surface area contributed by atoms with Crippen LogP contribution in [0.2, 0.25) is 0 Å². The zero-order chi connectivity index (χ0) is 14.5. The van der Waals surface area contributed by atoms with Gasteiger partial charge in [0.25, 0.3) is 0 Å². The van der Waals surface area contributed by atoms with E-state index < -0.39 is 0 Å². The van der Waals surface area contributed by atoms with Crippen molar-refractivity contribution in [2.24, 2.45) is 0 Å². The Hall–Kier alpha value is -1.35. The highest BCUT2D eigenvalue weighted by molar-refractivity contribution is 5.84. The van der Waals surface area contributed by atoms with E-state index in [2.05, 4.69) is 56.8 Å². The van der Waals surface area contributed by atoms with Gasteiger partial charge in [0.2, 0.25) is 0 Å². The maximum Gasteiger partial charge on any atom is 0.171 e. The first-order valence-corrected chi connectivity index (χ1v) is 7.53. The summed E-state index contributed by atoms with van der Waals surface area (Å²) >= 11 is 0. The quantitative estimate of drug-likeness (QED) is 0.782. The topological polar surface area (TPSA) is 29.3 Å². The molecule has 20 heavy (non-hydrogen) atoms. The molecular weight excluding hydrogens is 248 g/mol. The predicted octanol–water partition coefficient (Wildman–Crippen LogP) is 4.11. The van der Waals surface area contributed by atoms with Crippen molar-refractivity contribution in [2.45, 2.75) is 59.0 Å². The summed E-state index contributed by atoms with van der Waals surface area (Å²) in [5, 5.41) is 5.49. The van der Waals surface area contributed by atoms with E-state index in [0.717, 1.165) is 30.8 Å². The largest absolute Gasteiger partial charge is 0.356 e. The van der Waals surface area contributed by atoms with E-state index in [9.17, 15) is 0 Å². The van der Waals surface area contributed by atoms with Crippen LogP contribution in [0.1, 0.15) is 57.4 Å². The van der Waals surface area contributed by atoms with Crippen molar-refractivity contribution in [1.82, 2.24) is 10.1 Å². The number of nitrogens with zero attached hydrogens (tertiary/aromatic N) is 2. The zero-order valence-corrected chi connectivity index (χ0v) is 13.2. The molecule has 0 unspecified atom stereocenters. The number of rotatable bonds is 1. The Kier molecular flexibility index (Phi) is 3.13. The first-order chi connectivity index (χ1) is 9.38. The van der Waals surface area contributed by atoms with E-state index in [-0.39, 0.29) is 5.54 Å². The molecule has 1 aliphatic rings. The first-order valence-electron chi connectivity index (χ1n) is 7.53. The van der Waals surface area contributed by atoms with E-state index >= 15 is 0 Å². The first kappa shape index (κ1) is 13.6. The van der Waals surface area contributed by atoms with Gasteiger partial charge in [0, 0.05) is 29.6 Å². The van der Waals surface area contributed by atoms with Gasteiger partial charge >= 0.3 is 0 Å². The summed E-state index contributed by atoms with van der Waals surface area (Å²) in [5.74, 6) is 0.400. The van der Waals surface area contributed by atoms with Gasteiger partial charge in [0.1, 0.15) is 0 Å². The van der Waals surface area contributed by atoms with Crippen molar-refractivity contribution in [2.75, 3.05) is 6.54 Å². The molecule has 0 amide bonds. The molecule has 0 atom stereocenters. The van der Waals surface area contributed by atoms with Crippen LogP contribution in [0.3, 0.4) is 0 Å². The number of aromatic nitrogens is 1. The lowest BCUT2D eigenvalue weighted by molar-refractivity contribution is 0.121. The molecule has 0 aliphatic carbocycles. The molecule has 1 aromatic heterocycles. The molecule has 0 N–H and O–H groups in total. The third kappa shape index (κ3) is 2.14. The minimum atomic E-state index is 0.195. The van der Waals surface area contributed by atoms with E-state index in [1.807, 2.05) is 0 Å². The Morgan fingerprint density at radius 3 is 2.65 bits per heavy atom. The summed E-state index contributed by atoms with van der Waals surface area (Å²) in [6.07, 6.45) is 1.10. The Morgan fingerprint density at radius 1 is 1.25 bits per heavy atom. The van der Waals surface area contributed by atoms with Gasteiger partial charge in [-0.25, -0.2) is 0 Å². The van der Waals surface area contributed by atoms with Gasteiger partial charge in [-0.1, -0.05) is 25.1 Å². The van der Waals surface area contributed by atoms with Crippen molar-refractivity contribution in [3.8, 4) is 0 Å². The Labute approximate surface area is 120 Å². The molecule has 0 saturated carbocycles. The van der Waals surface area contributed by atoms with Gasteiger partial charge in [-0.2, -0.15) is 0 Å². The smallest absolute Gasteiger partial charge is 0.171 e. The second-order valence-corrected chi connectivity index (χ2v) is 7.14. The molecule has 0 fully saturated rings. The van der Waals surface area contributed by atoms with Gasteiger partial charge < -0.3 is 4.52 Å². The normalized spacial score (nSPS) is 16.9. The van der Waals surface area contributed by atoms with Gasteiger partial charge in [-0.05, 0) is 44.7 Å². The average Bonchev–Trinajstić information content (AvgIpc) is 2.81. The highest BCUT2D eigenvalue weighted by Gasteiger charge is 2.28. The molecule has 2 heterocycles. The minimum absolute atomic E-state index is 0.195. The zero-order valence-electron chi connectivity index (χ0n) is 13.2. The van der Waals surface area contributed by atoms with Crippen LogP contribution in [0.15, 0.2) is 16.7 Å². The summed E-state index contributed by atoms with van der Waals surface area (Å²) in [6, 6.07) is 4.45. The highest BCUT2D eigenvalue weighted by atomic mass is 16.5. The number of hydrogen-bond donors (Lipinski definition) is 0. The van der Waals surface area contributed by atoms with Crippen LogP contribution in [0, 0.1) is 0 Å². The van der Waals surface area contributed by atoms with E-state index in [0.29, 0.717) is 5.92 Å². The Balaban J connectivity index is 2.09. The van der Waals surface area contributed by atoms with Gasteiger partial charge in [-0.3, -0.25) is 4.90 Å². The van der Waals surface area contributed by atoms with E-state index in [1.54, 1.807) is 0 Å². The molecular formula is C17H24N2O. The summed E-state index contributed by atoms with van der Waals surface area (Å²) in [7, 11) is 0. The molecule has 0 bridgehead atoms. The molecule has 1 aliphatic heterocycles. The molecule has 2 aromatic rings. The van der Waals surface area contributed by atoms with E-state index in [1.165, 1.54) is 16.5 Å². The number of benzene rings is 1. The molecule has 0 spiro atoms. The van der Waals surface area contributed by atoms with Crippen LogP contribution in [-0.2, 0) is 13.0 Å². The third-order valence-electron chi connectivity index (χ3n) is 4.36. The number of fused-ring (bicyclic) bond motifs is 3. The number of hydrogen-bond acceptors (Lipinski definition) is 3. The molecule has 1 aromatic carbocycles. The van der Waals surface area contributed by atoms with Crippen molar-refractivity contribution in [1.29, 1.82) is 0 Å². The molecule has 0 saturated heterocycles. The molecule has 3 nitrogen and oxygen atoms in total. The lowest BCUT2D eigenvalue weighted by Crippen LogP contribution is -2.44. The maximum atomic E-state index is 5.69. The molecule has 3 rings (SSSR count). The fraction of sp³-hybridized carbons (Fsp3) is 0.588. The van der Waals surface area contributed by atoms with Crippen LogP contribution in [0.5, 0.6) is 0 Å². The summed E-state index contributed by atoms with van der Waals surface area (Å²) in [5.41, 5.74) is 5.03. The lowest BCUT2D eigenvalue weighted by Gasteiger charge is -2.39. The predicted molar refractivity (Wildman–Crippen MR) is 82.0 cm³/mol. The van der Waals surface area contributed by atoms with Gasteiger partial charge in [0.15, 0.2) is 5.58 Å². The van der Waals surface area contributed by atoms with Gasteiger partial charge in [-0.15, -0.1) is 0 Å². The van der Waals surface area contributed by atoms with Crippen LogP contribution in [-0.4, -0.2) is 22.1 Å². The highest BCUT2D eigenvalue weighted by Crippen LogP contribution is 2.33. The minimum Gasteiger partial charge on any atom is -0.356 e. The van der Waals surface area contributed by atoms with Crippen LogP contribution in [0.4, 0.5) is 0 Å². The average molecular weight is 272 g/mol. The van der Waals surface area contributed by atoms with Crippen molar-refractivity contribution in [3.63, 3.8) is 0 Å². The van der Waals surface area contributed by atoms with Crippen molar-refractivity contribution in [3.05, 3.63) is 29.0 Å². The summed E-state index contributed by atoms with van der Waals surface area (Å²) in [4.78, 5) is 2.52. The second kappa shape index (κ2) is 4.59. The molecule has 108 valence electrons. The van der Waals surface area contributed by atoms with E-state index in [4.69, 9.17) is 4.52 Å². The van der Waals surface area contributed by atoms with Crippen LogP contribution in [0.25, 0.3) is 11.0 Å². The SMILES string of the molecule is CC(C)c1noc2c3c(ccc12)CCN(C(C)(C)C)C3. The fourth-order valence-electron chi connectivity index (χ4n) is 3.04. The summed E-state index contributed by atoms with van der Waals surface area (Å²) in [6.45, 7) is 13.2. The second-order valence-electron chi connectivity index (χ2n) is 7.14. The molecule has 3 heteroatoms. The standard InChI is InChI=1S/C17H24N2O/c1-11(2)15-13-7-6-12-8-9-19(17(3,4)5)10-14(12)16(13)20-18-15/h6-7,11H,8-10H2,1-5H3. The Morgan fingerprint density at radius 2 is 2.00 bits per heavy atom. The summed E-state index contributed by atoms with van der Waals surface area (Å²) < 4.78 is 5.69. The van der Waals surface area contributed by atoms with Crippen molar-refractivity contribution < 1.29 is 4.52 Å².